The van der Waals surface area contributed by atoms with Crippen molar-refractivity contribution in [2.45, 2.75) is 52.9 Å². The van der Waals surface area contributed by atoms with Gasteiger partial charge in [0.15, 0.2) is 11.5 Å². The third-order valence-electron chi connectivity index (χ3n) is 3.18. The summed E-state index contributed by atoms with van der Waals surface area (Å²) in [5.74, 6) is 0.00894. The molecule has 0 unspecified atom stereocenters. The minimum Gasteiger partial charge on any atom is -0.504 e. The number of phenols is 1. The molecule has 0 aliphatic heterocycles. The van der Waals surface area contributed by atoms with Crippen LogP contribution in [-0.4, -0.2) is 16.4 Å². The average molecular weight is 266 g/mol. The summed E-state index contributed by atoms with van der Waals surface area (Å²) < 4.78 is 4.64. The highest BCUT2D eigenvalue weighted by Crippen LogP contribution is 2.36. The lowest BCUT2D eigenvalue weighted by atomic mass is 9.93. The number of carbonyl (C=O) groups is 1. The molecule has 106 valence electrons. The van der Waals surface area contributed by atoms with Crippen molar-refractivity contribution in [3.05, 3.63) is 22.8 Å². The number of unbranched alkanes of at least 4 members (excludes halogenated alkanes) is 1. The molecule has 4 nitrogen and oxygen atoms in total. The van der Waals surface area contributed by atoms with Gasteiger partial charge in [-0.15, -0.1) is 0 Å². The zero-order chi connectivity index (χ0) is 14.4. The summed E-state index contributed by atoms with van der Waals surface area (Å²) in [5, 5.41) is 18.9. The first kappa shape index (κ1) is 15.3. The van der Waals surface area contributed by atoms with Gasteiger partial charge in [-0.2, -0.15) is 0 Å². The Bertz CT molecular complexity index is 452. The second kappa shape index (κ2) is 7.02. The van der Waals surface area contributed by atoms with E-state index in [1.807, 2.05) is 13.8 Å². The molecule has 1 aromatic rings. The second-order valence-electron chi connectivity index (χ2n) is 4.72. The van der Waals surface area contributed by atoms with E-state index in [2.05, 4.69) is 11.7 Å². The number of rotatable bonds is 6. The maximum Gasteiger partial charge on any atom is 0.511 e. The van der Waals surface area contributed by atoms with Gasteiger partial charge in [-0.3, -0.25) is 0 Å². The Morgan fingerprint density at radius 3 is 2.42 bits per heavy atom. The molecule has 0 fully saturated rings. The molecule has 0 radical (unpaired) electrons. The van der Waals surface area contributed by atoms with Gasteiger partial charge in [0.2, 0.25) is 0 Å². The van der Waals surface area contributed by atoms with E-state index in [9.17, 15) is 9.90 Å². The van der Waals surface area contributed by atoms with Crippen LogP contribution in [0, 0.1) is 6.92 Å². The molecule has 2 N–H and O–H groups in total. The van der Waals surface area contributed by atoms with E-state index in [4.69, 9.17) is 5.11 Å². The molecule has 0 atom stereocenters. The van der Waals surface area contributed by atoms with Crippen molar-refractivity contribution in [2.75, 3.05) is 0 Å². The van der Waals surface area contributed by atoms with Crippen LogP contribution in [0.2, 0.25) is 0 Å². The third kappa shape index (κ3) is 3.88. The van der Waals surface area contributed by atoms with Crippen molar-refractivity contribution in [1.82, 2.24) is 0 Å². The Kier molecular flexibility index (Phi) is 5.67. The molecule has 0 aromatic heterocycles. The molecule has 0 spiro atoms. The smallest absolute Gasteiger partial charge is 0.504 e. The molecule has 0 saturated heterocycles. The minimum atomic E-state index is -1.40. The molecule has 0 heterocycles. The van der Waals surface area contributed by atoms with Crippen LogP contribution in [0.3, 0.4) is 0 Å². The van der Waals surface area contributed by atoms with Gasteiger partial charge in [0, 0.05) is 5.56 Å². The molecule has 19 heavy (non-hydrogen) atoms. The zero-order valence-electron chi connectivity index (χ0n) is 11.8. The Hall–Kier alpha value is -1.71. The van der Waals surface area contributed by atoms with Crippen LogP contribution >= 0.6 is 0 Å². The summed E-state index contributed by atoms with van der Waals surface area (Å²) in [6.45, 7) is 6.08. The van der Waals surface area contributed by atoms with Gasteiger partial charge in [0.1, 0.15) is 0 Å². The Labute approximate surface area is 114 Å². The minimum absolute atomic E-state index is 0.0269. The molecule has 0 saturated carbocycles. The number of hydrogen-bond donors (Lipinski definition) is 2. The first-order chi connectivity index (χ1) is 9.01. The van der Waals surface area contributed by atoms with Crippen LogP contribution in [0.25, 0.3) is 0 Å². The number of benzene rings is 1. The Balaban J connectivity index is 3.24. The predicted octanol–water partition coefficient (Wildman–Crippen LogP) is 4.05. The second-order valence-corrected chi connectivity index (χ2v) is 4.72. The van der Waals surface area contributed by atoms with E-state index in [0.29, 0.717) is 0 Å². The van der Waals surface area contributed by atoms with E-state index in [1.54, 1.807) is 6.07 Å². The van der Waals surface area contributed by atoms with Gasteiger partial charge in [0.25, 0.3) is 0 Å². The van der Waals surface area contributed by atoms with Gasteiger partial charge < -0.3 is 14.9 Å². The van der Waals surface area contributed by atoms with Crippen molar-refractivity contribution >= 4 is 6.16 Å². The Morgan fingerprint density at radius 1 is 1.21 bits per heavy atom. The lowest BCUT2D eigenvalue weighted by molar-refractivity contribution is 0.142. The first-order valence-corrected chi connectivity index (χ1v) is 6.76. The number of aromatic hydroxyl groups is 1. The van der Waals surface area contributed by atoms with Crippen molar-refractivity contribution < 1.29 is 19.7 Å². The maximum absolute atomic E-state index is 10.6. The number of phenolic OH excluding ortho intramolecular Hbond substituents is 1. The highest BCUT2D eigenvalue weighted by Gasteiger charge is 2.17. The molecular formula is C15H22O4. The molecule has 1 rings (SSSR count). The zero-order valence-corrected chi connectivity index (χ0v) is 11.8. The van der Waals surface area contributed by atoms with Gasteiger partial charge in [-0.25, -0.2) is 4.79 Å². The third-order valence-corrected chi connectivity index (χ3v) is 3.18. The molecule has 0 bridgehead atoms. The molecular weight excluding hydrogens is 244 g/mol. The Morgan fingerprint density at radius 2 is 1.89 bits per heavy atom. The van der Waals surface area contributed by atoms with Gasteiger partial charge >= 0.3 is 6.16 Å². The van der Waals surface area contributed by atoms with Gasteiger partial charge in [0.05, 0.1) is 0 Å². The maximum atomic E-state index is 10.6. The monoisotopic (exact) mass is 266 g/mol. The van der Waals surface area contributed by atoms with Crippen LogP contribution in [0.5, 0.6) is 11.5 Å². The van der Waals surface area contributed by atoms with Crippen molar-refractivity contribution in [2.24, 2.45) is 0 Å². The van der Waals surface area contributed by atoms with Gasteiger partial charge in [-0.1, -0.05) is 26.7 Å². The standard InChI is InChI=1S/C15H22O4/c1-4-6-8-11-10(3)9-13(19-15(17)18)14(16)12(11)7-5-2/h9,16H,4-8H2,1-3H3,(H,17,18). The van der Waals surface area contributed by atoms with Crippen LogP contribution in [-0.2, 0) is 12.8 Å². The fraction of sp³-hybridized carbons (Fsp3) is 0.533. The highest BCUT2D eigenvalue weighted by molar-refractivity contribution is 5.65. The molecule has 0 aliphatic carbocycles. The molecule has 0 aliphatic rings. The SMILES string of the molecule is CCCCc1c(C)cc(OC(=O)O)c(O)c1CCC. The summed E-state index contributed by atoms with van der Waals surface area (Å²) in [6.07, 6.45) is 3.25. The van der Waals surface area contributed by atoms with Crippen molar-refractivity contribution in [1.29, 1.82) is 0 Å². The summed E-state index contributed by atoms with van der Waals surface area (Å²) in [7, 11) is 0. The van der Waals surface area contributed by atoms with Crippen LogP contribution < -0.4 is 4.74 Å². The van der Waals surface area contributed by atoms with E-state index in [1.165, 1.54) is 0 Å². The normalized spacial score (nSPS) is 10.5. The lowest BCUT2D eigenvalue weighted by Gasteiger charge is -2.16. The molecule has 4 heteroatoms. The van der Waals surface area contributed by atoms with E-state index in [-0.39, 0.29) is 11.5 Å². The number of hydrogen-bond acceptors (Lipinski definition) is 3. The van der Waals surface area contributed by atoms with Crippen LogP contribution in [0.1, 0.15) is 49.8 Å². The van der Waals surface area contributed by atoms with Crippen molar-refractivity contribution in [3.63, 3.8) is 0 Å². The average Bonchev–Trinajstić information content (AvgIpc) is 2.34. The van der Waals surface area contributed by atoms with Crippen LogP contribution in [0.15, 0.2) is 6.07 Å². The fourth-order valence-electron chi connectivity index (χ4n) is 2.27. The van der Waals surface area contributed by atoms with E-state index >= 15 is 0 Å². The molecule has 1 aromatic carbocycles. The van der Waals surface area contributed by atoms with E-state index < -0.39 is 6.16 Å². The largest absolute Gasteiger partial charge is 0.511 e. The number of ether oxygens (including phenoxy) is 1. The highest BCUT2D eigenvalue weighted by atomic mass is 16.7. The summed E-state index contributed by atoms with van der Waals surface area (Å²) in [5.41, 5.74) is 2.93. The quantitative estimate of drug-likeness (QED) is 0.602. The molecule has 0 amide bonds. The van der Waals surface area contributed by atoms with Gasteiger partial charge in [-0.05, 0) is 43.4 Å². The lowest BCUT2D eigenvalue weighted by Crippen LogP contribution is -2.06. The number of carboxylic acid groups (broad SMARTS) is 1. The first-order valence-electron chi connectivity index (χ1n) is 6.76. The summed E-state index contributed by atoms with van der Waals surface area (Å²) in [6, 6.07) is 1.60. The summed E-state index contributed by atoms with van der Waals surface area (Å²) >= 11 is 0. The topological polar surface area (TPSA) is 66.8 Å². The predicted molar refractivity (Wildman–Crippen MR) is 74.1 cm³/mol. The fourth-order valence-corrected chi connectivity index (χ4v) is 2.27. The van der Waals surface area contributed by atoms with E-state index in [0.717, 1.165) is 48.8 Å². The van der Waals surface area contributed by atoms with Crippen molar-refractivity contribution in [3.8, 4) is 11.5 Å². The van der Waals surface area contributed by atoms with Crippen LogP contribution in [0.4, 0.5) is 4.79 Å². The summed E-state index contributed by atoms with van der Waals surface area (Å²) in [4.78, 5) is 10.6. The number of aryl methyl sites for hydroxylation is 1.